The van der Waals surface area contributed by atoms with Crippen molar-refractivity contribution in [2.75, 3.05) is 19.1 Å². The highest BCUT2D eigenvalue weighted by atomic mass is 16.5. The molecule has 2 saturated carbocycles. The molecule has 2 amide bonds. The van der Waals surface area contributed by atoms with Crippen LogP contribution in [0.1, 0.15) is 12.8 Å². The van der Waals surface area contributed by atoms with Crippen LogP contribution in [0.15, 0.2) is 30.4 Å². The van der Waals surface area contributed by atoms with Gasteiger partial charge in [0.2, 0.25) is 11.8 Å². The van der Waals surface area contributed by atoms with Crippen LogP contribution in [0.2, 0.25) is 0 Å². The second-order valence-corrected chi connectivity index (χ2v) is 7.27. The first-order valence-electron chi connectivity index (χ1n) is 8.40. The van der Waals surface area contributed by atoms with Gasteiger partial charge >= 0.3 is 0 Å². The third-order valence-corrected chi connectivity index (χ3v) is 6.48. The maximum atomic E-state index is 13.1. The predicted octanol–water partition coefficient (Wildman–Crippen LogP) is 2.41. The Labute approximate surface area is 140 Å². The summed E-state index contributed by atoms with van der Waals surface area (Å²) in [5, 5.41) is 0. The first-order valence-corrected chi connectivity index (χ1v) is 8.40. The Bertz CT molecular complexity index is 761. The fourth-order valence-corrected chi connectivity index (χ4v) is 5.29. The summed E-state index contributed by atoms with van der Waals surface area (Å²) in [6.07, 6.45) is 6.64. The van der Waals surface area contributed by atoms with Gasteiger partial charge in [0.25, 0.3) is 0 Å². The van der Waals surface area contributed by atoms with Crippen molar-refractivity contribution in [3.8, 4) is 11.5 Å². The van der Waals surface area contributed by atoms with Crippen molar-refractivity contribution in [1.29, 1.82) is 0 Å². The number of carbonyl (C=O) groups is 2. The van der Waals surface area contributed by atoms with E-state index in [1.807, 2.05) is 0 Å². The number of ether oxygens (including phenoxy) is 2. The van der Waals surface area contributed by atoms with Crippen molar-refractivity contribution >= 4 is 17.5 Å². The van der Waals surface area contributed by atoms with Gasteiger partial charge in [0.05, 0.1) is 31.7 Å². The monoisotopic (exact) mass is 325 g/mol. The second kappa shape index (κ2) is 4.41. The molecule has 0 aromatic heterocycles. The lowest BCUT2D eigenvalue weighted by molar-refractivity contribution is -0.123. The number of methoxy groups -OCH3 is 2. The van der Waals surface area contributed by atoms with Gasteiger partial charge in [-0.1, -0.05) is 12.2 Å². The zero-order chi connectivity index (χ0) is 16.6. The fourth-order valence-electron chi connectivity index (χ4n) is 5.29. The van der Waals surface area contributed by atoms with Crippen LogP contribution in [0, 0.1) is 29.1 Å². The van der Waals surface area contributed by atoms with Gasteiger partial charge in [-0.3, -0.25) is 9.59 Å². The molecule has 4 aliphatic rings. The van der Waals surface area contributed by atoms with E-state index in [0.717, 1.165) is 12.8 Å². The molecule has 1 aliphatic heterocycles. The van der Waals surface area contributed by atoms with Crippen molar-refractivity contribution in [1.82, 2.24) is 0 Å². The number of hydrogen-bond donors (Lipinski definition) is 0. The summed E-state index contributed by atoms with van der Waals surface area (Å²) in [7, 11) is 3.11. The molecule has 0 unspecified atom stereocenters. The molecule has 5 rings (SSSR count). The van der Waals surface area contributed by atoms with Gasteiger partial charge in [-0.25, -0.2) is 4.90 Å². The molecule has 24 heavy (non-hydrogen) atoms. The van der Waals surface area contributed by atoms with Gasteiger partial charge in [-0.05, 0) is 42.2 Å². The van der Waals surface area contributed by atoms with Crippen molar-refractivity contribution in [3.05, 3.63) is 30.4 Å². The number of hydrogen-bond acceptors (Lipinski definition) is 4. The average Bonchev–Trinajstić information content (AvgIpc) is 3.19. The Morgan fingerprint density at radius 2 is 1.62 bits per heavy atom. The van der Waals surface area contributed by atoms with Crippen molar-refractivity contribution in [2.24, 2.45) is 29.1 Å². The molecule has 5 nitrogen and oxygen atoms in total. The topological polar surface area (TPSA) is 55.8 Å². The number of rotatable bonds is 3. The molecule has 3 aliphatic carbocycles. The molecule has 2 bridgehead atoms. The molecule has 5 heteroatoms. The van der Waals surface area contributed by atoms with Crippen LogP contribution in [0.5, 0.6) is 11.5 Å². The lowest BCUT2D eigenvalue weighted by Gasteiger charge is -2.23. The third-order valence-electron chi connectivity index (χ3n) is 6.48. The summed E-state index contributed by atoms with van der Waals surface area (Å²) >= 11 is 0. The molecule has 0 radical (unpaired) electrons. The van der Waals surface area contributed by atoms with Crippen molar-refractivity contribution in [2.45, 2.75) is 12.8 Å². The Morgan fingerprint density at radius 1 is 1.00 bits per heavy atom. The lowest BCUT2D eigenvalue weighted by Crippen LogP contribution is -2.35. The van der Waals surface area contributed by atoms with E-state index in [0.29, 0.717) is 17.2 Å². The van der Waals surface area contributed by atoms with E-state index in [2.05, 4.69) is 12.2 Å². The summed E-state index contributed by atoms with van der Waals surface area (Å²) in [5.41, 5.74) is 0.705. The molecule has 1 heterocycles. The number of anilines is 1. The smallest absolute Gasteiger partial charge is 0.238 e. The number of amides is 2. The summed E-state index contributed by atoms with van der Waals surface area (Å²) < 4.78 is 10.6. The first-order chi connectivity index (χ1) is 11.6. The lowest BCUT2D eigenvalue weighted by atomic mass is 9.85. The molecule has 1 saturated heterocycles. The normalized spacial score (nSPS) is 34.2. The summed E-state index contributed by atoms with van der Waals surface area (Å²) in [6.45, 7) is 0. The van der Waals surface area contributed by atoms with E-state index < -0.39 is 0 Å². The number of fused-ring (bicyclic) bond motifs is 3. The highest BCUT2D eigenvalue weighted by molar-refractivity contribution is 6.23. The molecular weight excluding hydrogens is 306 g/mol. The van der Waals surface area contributed by atoms with Gasteiger partial charge < -0.3 is 9.47 Å². The van der Waals surface area contributed by atoms with Crippen LogP contribution in [0.3, 0.4) is 0 Å². The minimum absolute atomic E-state index is 0.0836. The van der Waals surface area contributed by atoms with Crippen molar-refractivity contribution in [3.63, 3.8) is 0 Å². The summed E-state index contributed by atoms with van der Waals surface area (Å²) in [5.74, 6) is 0.995. The predicted molar refractivity (Wildman–Crippen MR) is 86.8 cm³/mol. The van der Waals surface area contributed by atoms with E-state index in [1.165, 1.54) is 4.90 Å². The molecule has 0 N–H and O–H groups in total. The van der Waals surface area contributed by atoms with E-state index in [4.69, 9.17) is 9.47 Å². The number of allylic oxidation sites excluding steroid dienone is 2. The SMILES string of the molecule is COc1ccc(OC)c(N2C(=O)[C@@H]3[C@H](C2=O)[C@@H]2C=C[C@H]3C23CC3)c1. The molecule has 1 spiro atoms. The number of imide groups is 1. The van der Waals surface area contributed by atoms with E-state index in [1.54, 1.807) is 32.4 Å². The highest BCUT2D eigenvalue weighted by Crippen LogP contribution is 2.73. The number of nitrogens with zero attached hydrogens (tertiary/aromatic N) is 1. The minimum atomic E-state index is -0.203. The van der Waals surface area contributed by atoms with Gasteiger partial charge in [-0.15, -0.1) is 0 Å². The van der Waals surface area contributed by atoms with Crippen molar-refractivity contribution < 1.29 is 19.1 Å². The van der Waals surface area contributed by atoms with Crippen LogP contribution >= 0.6 is 0 Å². The Hall–Kier alpha value is -2.30. The van der Waals surface area contributed by atoms with Crippen LogP contribution in [-0.2, 0) is 9.59 Å². The quantitative estimate of drug-likeness (QED) is 0.632. The third kappa shape index (κ3) is 1.46. The molecule has 3 fully saturated rings. The first kappa shape index (κ1) is 14.1. The van der Waals surface area contributed by atoms with Gasteiger partial charge in [0, 0.05) is 6.07 Å². The van der Waals surface area contributed by atoms with E-state index in [9.17, 15) is 9.59 Å². The fraction of sp³-hybridized carbons (Fsp3) is 0.474. The van der Waals surface area contributed by atoms with Gasteiger partial charge in [0.15, 0.2) is 0 Å². The standard InChI is InChI=1S/C19H19NO4/c1-23-10-3-6-14(24-2)13(9-10)20-17(21)15-11-4-5-12(16(15)18(20)22)19(11)7-8-19/h3-6,9,11-12,15-16H,7-8H2,1-2H3/t11-,12+,15+,16-. The summed E-state index contributed by atoms with van der Waals surface area (Å²) in [6, 6.07) is 5.20. The van der Waals surface area contributed by atoms with Crippen LogP contribution < -0.4 is 14.4 Å². The molecule has 124 valence electrons. The van der Waals surface area contributed by atoms with Gasteiger partial charge in [0.1, 0.15) is 11.5 Å². The summed E-state index contributed by atoms with van der Waals surface area (Å²) in [4.78, 5) is 27.6. The molecular formula is C19H19NO4. The maximum absolute atomic E-state index is 13.1. The number of benzene rings is 1. The Morgan fingerprint density at radius 3 is 2.12 bits per heavy atom. The maximum Gasteiger partial charge on any atom is 0.238 e. The molecule has 1 aromatic rings. The van der Waals surface area contributed by atoms with Crippen LogP contribution in [0.4, 0.5) is 5.69 Å². The Balaban J connectivity index is 1.59. The largest absolute Gasteiger partial charge is 0.497 e. The van der Waals surface area contributed by atoms with E-state index in [-0.39, 0.29) is 40.9 Å². The number of carbonyl (C=O) groups excluding carboxylic acids is 2. The average molecular weight is 325 g/mol. The molecule has 4 atom stereocenters. The molecule has 1 aromatic carbocycles. The van der Waals surface area contributed by atoms with Gasteiger partial charge in [-0.2, -0.15) is 0 Å². The van der Waals surface area contributed by atoms with Crippen LogP contribution in [0.25, 0.3) is 0 Å². The zero-order valence-electron chi connectivity index (χ0n) is 13.7. The Kier molecular flexibility index (Phi) is 2.58. The van der Waals surface area contributed by atoms with E-state index >= 15 is 0 Å². The minimum Gasteiger partial charge on any atom is -0.497 e. The zero-order valence-corrected chi connectivity index (χ0v) is 13.7. The second-order valence-electron chi connectivity index (χ2n) is 7.27. The van der Waals surface area contributed by atoms with Crippen LogP contribution in [-0.4, -0.2) is 26.0 Å². The highest BCUT2D eigenvalue weighted by Gasteiger charge is 2.73.